The number of anilines is 1. The van der Waals surface area contributed by atoms with Crippen LogP contribution in [0, 0.1) is 11.3 Å². The van der Waals surface area contributed by atoms with Crippen molar-refractivity contribution in [3.05, 3.63) is 64.7 Å². The molecule has 1 heterocycles. The van der Waals surface area contributed by atoms with E-state index in [-0.39, 0.29) is 30.9 Å². The van der Waals surface area contributed by atoms with E-state index in [4.69, 9.17) is 22.1 Å². The molecule has 0 saturated carbocycles. The average molecular weight is 529 g/mol. The Morgan fingerprint density at radius 3 is 2.32 bits per heavy atom. The highest BCUT2D eigenvalue weighted by molar-refractivity contribution is 6.31. The van der Waals surface area contributed by atoms with Crippen LogP contribution >= 0.6 is 11.6 Å². The molecule has 2 aromatic carbocycles. The quantitative estimate of drug-likeness (QED) is 0.447. The van der Waals surface area contributed by atoms with Gasteiger partial charge in [0.1, 0.15) is 6.61 Å². The Kier molecular flexibility index (Phi) is 9.94. The van der Waals surface area contributed by atoms with Gasteiger partial charge in [0.25, 0.3) is 0 Å². The number of ether oxygens (including phenoxy) is 1. The monoisotopic (exact) mass is 528 g/mol. The predicted octanol–water partition coefficient (Wildman–Crippen LogP) is 4.36. The first-order valence-electron chi connectivity index (χ1n) is 12.7. The minimum Gasteiger partial charge on any atom is -0.448 e. The van der Waals surface area contributed by atoms with Crippen molar-refractivity contribution in [2.45, 2.75) is 52.6 Å². The molecule has 1 aliphatic heterocycles. The fourth-order valence-electron chi connectivity index (χ4n) is 4.27. The summed E-state index contributed by atoms with van der Waals surface area (Å²) in [5.41, 5.74) is 7.65. The molecule has 2 aromatic rings. The van der Waals surface area contributed by atoms with Crippen LogP contribution in [0.5, 0.6) is 0 Å². The highest BCUT2D eigenvalue weighted by atomic mass is 35.5. The van der Waals surface area contributed by atoms with Crippen molar-refractivity contribution in [2.75, 3.05) is 25.0 Å². The Balaban J connectivity index is 1.68. The van der Waals surface area contributed by atoms with Crippen molar-refractivity contribution < 1.29 is 19.1 Å². The molecule has 1 unspecified atom stereocenters. The van der Waals surface area contributed by atoms with Gasteiger partial charge < -0.3 is 20.7 Å². The van der Waals surface area contributed by atoms with E-state index in [1.54, 1.807) is 11.0 Å². The van der Waals surface area contributed by atoms with Gasteiger partial charge in [-0.15, -0.1) is 0 Å². The molecule has 0 aromatic heterocycles. The number of halogens is 1. The second kappa shape index (κ2) is 12.9. The number of carbonyl (C=O) groups excluding carboxylic acids is 3. The molecule has 9 heteroatoms. The summed E-state index contributed by atoms with van der Waals surface area (Å²) in [6, 6.07) is 14.2. The first kappa shape index (κ1) is 28.5. The number of piperidine rings is 1. The minimum atomic E-state index is -0.983. The summed E-state index contributed by atoms with van der Waals surface area (Å²) in [7, 11) is 0. The number of nitrogens with two attached hydrogens (primary N) is 1. The summed E-state index contributed by atoms with van der Waals surface area (Å²) in [5.74, 6) is -0.362. The maximum Gasteiger partial charge on any atom is 0.411 e. The van der Waals surface area contributed by atoms with Crippen LogP contribution in [0.1, 0.15) is 44.7 Å². The number of likely N-dealkylation sites (tertiary alicyclic amines) is 1. The second-order valence-corrected chi connectivity index (χ2v) is 10.3. The molecule has 1 fully saturated rings. The molecule has 37 heavy (non-hydrogen) atoms. The molecule has 200 valence electrons. The first-order valence-corrected chi connectivity index (χ1v) is 13.1. The van der Waals surface area contributed by atoms with E-state index in [9.17, 15) is 14.4 Å². The van der Waals surface area contributed by atoms with Gasteiger partial charge in [0.05, 0.1) is 11.5 Å². The van der Waals surface area contributed by atoms with Crippen molar-refractivity contribution in [1.29, 1.82) is 0 Å². The summed E-state index contributed by atoms with van der Waals surface area (Å²) in [4.78, 5) is 40.5. The number of amides is 3. The number of hydrogen-bond acceptors (Lipinski definition) is 5. The van der Waals surface area contributed by atoms with Crippen LogP contribution < -0.4 is 16.4 Å². The van der Waals surface area contributed by atoms with Crippen molar-refractivity contribution in [1.82, 2.24) is 10.2 Å². The van der Waals surface area contributed by atoms with E-state index in [0.29, 0.717) is 36.6 Å². The van der Waals surface area contributed by atoms with Gasteiger partial charge in [0.15, 0.2) is 0 Å². The summed E-state index contributed by atoms with van der Waals surface area (Å²) >= 11 is 6.25. The number of hydrogen-bond donors (Lipinski definition) is 3. The lowest BCUT2D eigenvalue weighted by Gasteiger charge is -2.41. The van der Waals surface area contributed by atoms with E-state index in [2.05, 4.69) is 17.6 Å². The maximum absolute atomic E-state index is 13.5. The molecule has 1 aliphatic rings. The molecular formula is C28H37ClN4O4. The smallest absolute Gasteiger partial charge is 0.411 e. The maximum atomic E-state index is 13.5. The summed E-state index contributed by atoms with van der Waals surface area (Å²) in [5, 5.41) is 6.24. The molecule has 1 saturated heterocycles. The van der Waals surface area contributed by atoms with E-state index in [1.807, 2.05) is 56.3 Å². The summed E-state index contributed by atoms with van der Waals surface area (Å²) in [6.07, 6.45) is 0.952. The third-order valence-corrected chi connectivity index (χ3v) is 7.37. The van der Waals surface area contributed by atoms with Gasteiger partial charge >= 0.3 is 6.09 Å². The molecule has 4 N–H and O–H groups in total. The second-order valence-electron chi connectivity index (χ2n) is 9.90. The molecule has 1 atom stereocenters. The lowest BCUT2D eigenvalue weighted by Crippen LogP contribution is -2.55. The van der Waals surface area contributed by atoms with Gasteiger partial charge in [0, 0.05) is 30.3 Å². The number of benzene rings is 2. The molecule has 3 amide bonds. The van der Waals surface area contributed by atoms with E-state index >= 15 is 0 Å². The van der Waals surface area contributed by atoms with Crippen molar-refractivity contribution in [3.63, 3.8) is 0 Å². The van der Waals surface area contributed by atoms with Gasteiger partial charge in [-0.05, 0) is 54.5 Å². The normalized spacial score (nSPS) is 15.7. The van der Waals surface area contributed by atoms with Crippen LogP contribution in [0.2, 0.25) is 5.02 Å². The van der Waals surface area contributed by atoms with Gasteiger partial charge in [0.2, 0.25) is 11.8 Å². The first-order chi connectivity index (χ1) is 17.6. The molecule has 0 radical (unpaired) electrons. The molecule has 0 aliphatic carbocycles. The Morgan fingerprint density at radius 2 is 1.73 bits per heavy atom. The predicted molar refractivity (Wildman–Crippen MR) is 145 cm³/mol. The Hall–Kier alpha value is -3.10. The molecule has 3 rings (SSSR count). The van der Waals surface area contributed by atoms with Crippen LogP contribution in [0.4, 0.5) is 10.5 Å². The molecule has 8 nitrogen and oxygen atoms in total. The highest BCUT2D eigenvalue weighted by Crippen LogP contribution is 2.33. The zero-order valence-electron chi connectivity index (χ0n) is 21.8. The van der Waals surface area contributed by atoms with E-state index < -0.39 is 17.6 Å². The summed E-state index contributed by atoms with van der Waals surface area (Å²) < 4.78 is 5.56. The van der Waals surface area contributed by atoms with Crippen molar-refractivity contribution >= 4 is 35.2 Å². The number of nitrogens with one attached hydrogen (secondary N) is 2. The largest absolute Gasteiger partial charge is 0.448 e. The van der Waals surface area contributed by atoms with E-state index in [1.165, 1.54) is 0 Å². The average Bonchev–Trinajstić information content (AvgIpc) is 2.91. The van der Waals surface area contributed by atoms with Gasteiger partial charge in [-0.3, -0.25) is 14.9 Å². The summed E-state index contributed by atoms with van der Waals surface area (Å²) in [6.45, 7) is 6.70. The zero-order valence-corrected chi connectivity index (χ0v) is 22.5. The van der Waals surface area contributed by atoms with Crippen molar-refractivity contribution in [3.8, 4) is 0 Å². The Bertz CT molecular complexity index is 1080. The Labute approximate surface area is 223 Å². The molecule has 0 spiro atoms. The lowest BCUT2D eigenvalue weighted by atomic mass is 9.77. The van der Waals surface area contributed by atoms with Crippen LogP contribution in [0.15, 0.2) is 48.5 Å². The van der Waals surface area contributed by atoms with Crippen LogP contribution in [0.3, 0.4) is 0 Å². The number of rotatable bonds is 9. The van der Waals surface area contributed by atoms with Gasteiger partial charge in [-0.1, -0.05) is 62.7 Å². The number of aryl methyl sites for hydroxylation is 1. The number of nitrogens with zero attached hydrogens (tertiary/aromatic N) is 1. The Morgan fingerprint density at radius 1 is 1.08 bits per heavy atom. The van der Waals surface area contributed by atoms with Crippen LogP contribution in [-0.2, 0) is 27.3 Å². The third-order valence-electron chi connectivity index (χ3n) is 7.00. The fraction of sp³-hybridized carbons (Fsp3) is 0.464. The van der Waals surface area contributed by atoms with Gasteiger partial charge in [-0.2, -0.15) is 0 Å². The lowest BCUT2D eigenvalue weighted by molar-refractivity contribution is -0.144. The zero-order chi connectivity index (χ0) is 27.0. The number of carbonyl (C=O) groups is 3. The standard InChI is InChI=1S/C28H37ClN4O4/c1-4-20-9-11-22(12-10-20)32-27(36)37-18-28(26(35)31-17-21-7-5-6-8-23(21)29)13-15-33(16-14-28)25(34)24(30)19(2)3/h5-12,19,24H,4,13-18,30H2,1-3H3,(H,31,35)(H,32,36). The minimum absolute atomic E-state index is 0.0107. The van der Waals surface area contributed by atoms with Crippen LogP contribution in [0.25, 0.3) is 0 Å². The topological polar surface area (TPSA) is 114 Å². The van der Waals surface area contributed by atoms with E-state index in [0.717, 1.165) is 17.5 Å². The van der Waals surface area contributed by atoms with Crippen molar-refractivity contribution in [2.24, 2.45) is 17.1 Å². The third kappa shape index (κ3) is 7.46. The molecule has 0 bridgehead atoms. The fourth-order valence-corrected chi connectivity index (χ4v) is 4.48. The van der Waals surface area contributed by atoms with Crippen LogP contribution in [-0.4, -0.2) is 48.5 Å². The molecular weight excluding hydrogens is 492 g/mol. The van der Waals surface area contributed by atoms with Gasteiger partial charge in [-0.25, -0.2) is 4.79 Å². The SMILES string of the molecule is CCc1ccc(NC(=O)OCC2(C(=O)NCc3ccccc3Cl)CCN(C(=O)C(N)C(C)C)CC2)cc1. The highest BCUT2D eigenvalue weighted by Gasteiger charge is 2.44.